The fourth-order valence-corrected chi connectivity index (χ4v) is 2.22. The molecule has 0 amide bonds. The molecule has 0 atom stereocenters. The van der Waals surface area contributed by atoms with Gasteiger partial charge in [0.15, 0.2) is 0 Å². The van der Waals surface area contributed by atoms with Crippen molar-refractivity contribution in [1.29, 1.82) is 0 Å². The number of ketones is 1. The van der Waals surface area contributed by atoms with Gasteiger partial charge in [-0.2, -0.15) is 0 Å². The van der Waals surface area contributed by atoms with E-state index in [-0.39, 0.29) is 0 Å². The summed E-state index contributed by atoms with van der Waals surface area (Å²) in [6.45, 7) is 6.97. The molecule has 0 saturated heterocycles. The minimum absolute atomic E-state index is 0.369. The minimum atomic E-state index is 0.369. The van der Waals surface area contributed by atoms with Crippen LogP contribution in [0.15, 0.2) is 0 Å². The van der Waals surface area contributed by atoms with Gasteiger partial charge in [0.2, 0.25) is 0 Å². The maximum absolute atomic E-state index is 11.5. The maximum Gasteiger partial charge on any atom is 0.146 e. The first-order valence-electron chi connectivity index (χ1n) is 8.42. The molecule has 0 unspecified atom stereocenters. The number of Topliss-reactive ketones (excluding diaryl/α,β-unsaturated/α-hetero) is 1. The first-order chi connectivity index (χ1) is 9.16. The third-order valence-electron chi connectivity index (χ3n) is 3.52. The molecule has 0 aliphatic carbocycles. The number of carbonyl (C=O) groups excluding carboxylic acids is 1. The van der Waals surface area contributed by atoms with E-state index in [2.05, 4.69) is 26.1 Å². The van der Waals surface area contributed by atoms with Gasteiger partial charge < -0.3 is 5.32 Å². The predicted molar refractivity (Wildman–Crippen MR) is 84.6 cm³/mol. The van der Waals surface area contributed by atoms with E-state index in [0.717, 1.165) is 12.8 Å². The monoisotopic (exact) mass is 269 g/mol. The lowest BCUT2D eigenvalue weighted by Crippen LogP contribution is -2.28. The lowest BCUT2D eigenvalue weighted by molar-refractivity contribution is -0.118. The molecule has 0 fully saturated rings. The number of hydrogen-bond acceptors (Lipinski definition) is 2. The predicted octanol–water partition coefficient (Wildman–Crippen LogP) is 4.86. The van der Waals surface area contributed by atoms with Crippen LogP contribution in [0.1, 0.15) is 91.4 Å². The van der Waals surface area contributed by atoms with Gasteiger partial charge in [-0.25, -0.2) is 0 Å². The van der Waals surface area contributed by atoms with E-state index in [9.17, 15) is 4.79 Å². The van der Waals surface area contributed by atoms with Crippen molar-refractivity contribution in [2.75, 3.05) is 6.54 Å². The third-order valence-corrected chi connectivity index (χ3v) is 3.52. The van der Waals surface area contributed by atoms with Gasteiger partial charge in [0.05, 0.1) is 6.54 Å². The van der Waals surface area contributed by atoms with Crippen molar-refractivity contribution >= 4 is 5.78 Å². The normalized spacial score (nSPS) is 11.2. The Balaban J connectivity index is 3.11. The van der Waals surface area contributed by atoms with Crippen LogP contribution < -0.4 is 5.32 Å². The van der Waals surface area contributed by atoms with Crippen LogP contribution in [0.4, 0.5) is 0 Å². The van der Waals surface area contributed by atoms with Crippen molar-refractivity contribution < 1.29 is 4.79 Å². The molecule has 0 heterocycles. The Hall–Kier alpha value is -0.370. The van der Waals surface area contributed by atoms with Crippen molar-refractivity contribution in [3.63, 3.8) is 0 Å². The SMILES string of the molecule is CCCCCCCCCCCCC(=O)CNC(C)C. The maximum atomic E-state index is 11.5. The van der Waals surface area contributed by atoms with Gasteiger partial charge in [-0.05, 0) is 6.42 Å². The number of rotatable bonds is 14. The summed E-state index contributed by atoms with van der Waals surface area (Å²) in [5.74, 6) is 0.369. The molecule has 19 heavy (non-hydrogen) atoms. The highest BCUT2D eigenvalue weighted by atomic mass is 16.1. The van der Waals surface area contributed by atoms with Crippen LogP contribution in [0.2, 0.25) is 0 Å². The molecule has 0 aromatic rings. The lowest BCUT2D eigenvalue weighted by atomic mass is 10.0. The molecule has 0 rings (SSSR count). The topological polar surface area (TPSA) is 29.1 Å². The molecular weight excluding hydrogens is 234 g/mol. The van der Waals surface area contributed by atoms with E-state index in [4.69, 9.17) is 0 Å². The minimum Gasteiger partial charge on any atom is -0.308 e. The largest absolute Gasteiger partial charge is 0.308 e. The van der Waals surface area contributed by atoms with Gasteiger partial charge in [0.25, 0.3) is 0 Å². The van der Waals surface area contributed by atoms with Crippen LogP contribution in [0, 0.1) is 0 Å². The van der Waals surface area contributed by atoms with Gasteiger partial charge in [0, 0.05) is 12.5 Å². The smallest absolute Gasteiger partial charge is 0.146 e. The van der Waals surface area contributed by atoms with E-state index in [1.807, 2.05) is 0 Å². The molecule has 0 spiro atoms. The van der Waals surface area contributed by atoms with Crippen LogP contribution >= 0.6 is 0 Å². The van der Waals surface area contributed by atoms with E-state index in [0.29, 0.717) is 18.4 Å². The van der Waals surface area contributed by atoms with Crippen molar-refractivity contribution in [3.05, 3.63) is 0 Å². The molecule has 0 saturated carbocycles. The Morgan fingerprint density at radius 3 is 1.79 bits per heavy atom. The number of unbranched alkanes of at least 4 members (excludes halogenated alkanes) is 9. The van der Waals surface area contributed by atoms with Crippen LogP contribution in [0.5, 0.6) is 0 Å². The Kier molecular flexibility index (Phi) is 13.8. The number of carbonyl (C=O) groups is 1. The van der Waals surface area contributed by atoms with Crippen LogP contribution in [-0.2, 0) is 4.79 Å². The summed E-state index contributed by atoms with van der Waals surface area (Å²) < 4.78 is 0. The Labute approximate surface area is 120 Å². The fourth-order valence-electron chi connectivity index (χ4n) is 2.22. The summed E-state index contributed by atoms with van der Waals surface area (Å²) in [5, 5.41) is 3.18. The Morgan fingerprint density at radius 1 is 0.842 bits per heavy atom. The summed E-state index contributed by atoms with van der Waals surface area (Å²) in [5.41, 5.74) is 0. The number of nitrogens with one attached hydrogen (secondary N) is 1. The van der Waals surface area contributed by atoms with Crippen molar-refractivity contribution in [3.8, 4) is 0 Å². The van der Waals surface area contributed by atoms with Gasteiger partial charge in [-0.15, -0.1) is 0 Å². The summed E-state index contributed by atoms with van der Waals surface area (Å²) in [4.78, 5) is 11.5. The van der Waals surface area contributed by atoms with Crippen LogP contribution in [0.3, 0.4) is 0 Å². The van der Waals surface area contributed by atoms with Crippen molar-refractivity contribution in [2.24, 2.45) is 0 Å². The zero-order valence-electron chi connectivity index (χ0n) is 13.5. The average molecular weight is 269 g/mol. The highest BCUT2D eigenvalue weighted by Crippen LogP contribution is 2.11. The van der Waals surface area contributed by atoms with E-state index < -0.39 is 0 Å². The Bertz CT molecular complexity index is 201. The van der Waals surface area contributed by atoms with Gasteiger partial charge in [-0.1, -0.05) is 78.6 Å². The molecule has 1 N–H and O–H groups in total. The molecule has 2 nitrogen and oxygen atoms in total. The second-order valence-electron chi connectivity index (χ2n) is 6.01. The quantitative estimate of drug-likeness (QED) is 0.456. The fraction of sp³-hybridized carbons (Fsp3) is 0.941. The third kappa shape index (κ3) is 15.6. The number of hydrogen-bond donors (Lipinski definition) is 1. The van der Waals surface area contributed by atoms with Gasteiger partial charge >= 0.3 is 0 Å². The molecule has 0 aromatic carbocycles. The van der Waals surface area contributed by atoms with E-state index in [1.165, 1.54) is 57.8 Å². The zero-order chi connectivity index (χ0) is 14.3. The standard InChI is InChI=1S/C17H35NO/c1-4-5-6-7-8-9-10-11-12-13-14-17(19)15-18-16(2)3/h16,18H,4-15H2,1-3H3. The first-order valence-corrected chi connectivity index (χ1v) is 8.42. The summed E-state index contributed by atoms with van der Waals surface area (Å²) >= 11 is 0. The highest BCUT2D eigenvalue weighted by Gasteiger charge is 2.02. The summed E-state index contributed by atoms with van der Waals surface area (Å²) in [6.07, 6.45) is 14.0. The molecule has 2 heteroatoms. The molecule has 0 bridgehead atoms. The molecular formula is C17H35NO. The summed E-state index contributed by atoms with van der Waals surface area (Å²) in [7, 11) is 0. The lowest BCUT2D eigenvalue weighted by Gasteiger charge is -2.06. The average Bonchev–Trinajstić information content (AvgIpc) is 2.38. The molecule has 0 radical (unpaired) electrons. The van der Waals surface area contributed by atoms with Crippen molar-refractivity contribution in [1.82, 2.24) is 5.32 Å². The highest BCUT2D eigenvalue weighted by molar-refractivity contribution is 5.80. The molecule has 114 valence electrons. The first kappa shape index (κ1) is 18.6. The molecule has 0 aromatic heterocycles. The van der Waals surface area contributed by atoms with Gasteiger partial charge in [0.1, 0.15) is 5.78 Å². The Morgan fingerprint density at radius 2 is 1.32 bits per heavy atom. The molecule has 0 aliphatic rings. The van der Waals surface area contributed by atoms with E-state index >= 15 is 0 Å². The van der Waals surface area contributed by atoms with E-state index in [1.54, 1.807) is 0 Å². The van der Waals surface area contributed by atoms with Crippen LogP contribution in [0.25, 0.3) is 0 Å². The summed E-state index contributed by atoms with van der Waals surface area (Å²) in [6, 6.07) is 0.414. The molecule has 0 aliphatic heterocycles. The second kappa shape index (κ2) is 14.0. The van der Waals surface area contributed by atoms with Crippen LogP contribution in [-0.4, -0.2) is 18.4 Å². The van der Waals surface area contributed by atoms with Crippen molar-refractivity contribution in [2.45, 2.75) is 97.4 Å². The second-order valence-corrected chi connectivity index (χ2v) is 6.01. The zero-order valence-corrected chi connectivity index (χ0v) is 13.5. The van der Waals surface area contributed by atoms with Gasteiger partial charge in [-0.3, -0.25) is 4.79 Å².